The van der Waals surface area contributed by atoms with Crippen LogP contribution in [0.5, 0.6) is 11.5 Å². The van der Waals surface area contributed by atoms with Crippen LogP contribution in [0, 0.1) is 6.92 Å². The summed E-state index contributed by atoms with van der Waals surface area (Å²) in [5.74, 6) is 1.36. The molecule has 7 heteroatoms. The van der Waals surface area contributed by atoms with Crippen molar-refractivity contribution >= 4 is 17.2 Å². The number of benzene rings is 2. The highest BCUT2D eigenvalue weighted by Crippen LogP contribution is 2.31. The number of carbonyl (C=O) groups is 1. The van der Waals surface area contributed by atoms with E-state index < -0.39 is 0 Å². The van der Waals surface area contributed by atoms with Crippen LogP contribution in [0.2, 0.25) is 0 Å². The van der Waals surface area contributed by atoms with Crippen LogP contribution in [0.1, 0.15) is 34.7 Å². The Hall–Kier alpha value is -4.00. The van der Waals surface area contributed by atoms with Crippen LogP contribution in [0.4, 0.5) is 5.69 Å². The fourth-order valence-corrected chi connectivity index (χ4v) is 4.61. The van der Waals surface area contributed by atoms with Crippen molar-refractivity contribution in [2.75, 3.05) is 46.8 Å². The number of hydrogen-bond acceptors (Lipinski definition) is 5. The van der Waals surface area contributed by atoms with Gasteiger partial charge in [0.25, 0.3) is 0 Å². The molecule has 2 aromatic carbocycles. The van der Waals surface area contributed by atoms with Crippen LogP contribution >= 0.6 is 0 Å². The smallest absolute Gasteiger partial charge is 0.223 e. The zero-order valence-electron chi connectivity index (χ0n) is 22.6. The lowest BCUT2D eigenvalue weighted by Crippen LogP contribution is -2.30. The summed E-state index contributed by atoms with van der Waals surface area (Å²) in [4.78, 5) is 22.0. The third-order valence-corrected chi connectivity index (χ3v) is 6.92. The summed E-state index contributed by atoms with van der Waals surface area (Å²) in [6.45, 7) is 2.66. The van der Waals surface area contributed by atoms with Crippen LogP contribution in [0.15, 0.2) is 67.0 Å². The molecule has 7 nitrogen and oxygen atoms in total. The van der Waals surface area contributed by atoms with Crippen molar-refractivity contribution in [2.45, 2.75) is 25.7 Å². The summed E-state index contributed by atoms with van der Waals surface area (Å²) in [5, 5.41) is 0. The summed E-state index contributed by atoms with van der Waals surface area (Å²) in [5.41, 5.74) is 6.34. The topological polar surface area (TPSA) is 59.3 Å². The third-order valence-electron chi connectivity index (χ3n) is 6.92. The van der Waals surface area contributed by atoms with E-state index in [0.717, 1.165) is 40.1 Å². The second-order valence-electron chi connectivity index (χ2n) is 9.57. The maximum atomic E-state index is 13.5. The fourth-order valence-electron chi connectivity index (χ4n) is 4.61. The fraction of sp³-hybridized carbons (Fsp3) is 0.333. The van der Waals surface area contributed by atoms with Crippen molar-refractivity contribution in [3.63, 3.8) is 0 Å². The van der Waals surface area contributed by atoms with E-state index in [2.05, 4.69) is 51.5 Å². The number of imidazole rings is 1. The normalized spacial score (nSPS) is 11.8. The quantitative estimate of drug-likeness (QED) is 0.308. The number of aromatic nitrogens is 2. The van der Waals surface area contributed by atoms with Gasteiger partial charge in [0.2, 0.25) is 5.91 Å². The van der Waals surface area contributed by atoms with Gasteiger partial charge < -0.3 is 23.7 Å². The average molecular weight is 501 g/mol. The van der Waals surface area contributed by atoms with Crippen LogP contribution in [-0.4, -0.2) is 62.1 Å². The van der Waals surface area contributed by atoms with E-state index in [1.165, 1.54) is 0 Å². The molecule has 0 aliphatic rings. The van der Waals surface area contributed by atoms with Gasteiger partial charge in [-0.2, -0.15) is 0 Å². The van der Waals surface area contributed by atoms with Gasteiger partial charge in [-0.05, 0) is 60.4 Å². The Morgan fingerprint density at radius 1 is 1.00 bits per heavy atom. The van der Waals surface area contributed by atoms with Crippen LogP contribution < -0.4 is 14.4 Å². The molecule has 0 spiro atoms. The third kappa shape index (κ3) is 5.71. The molecule has 2 heterocycles. The Labute approximate surface area is 219 Å². The number of nitrogens with zero attached hydrogens (tertiary/aromatic N) is 4. The van der Waals surface area contributed by atoms with Gasteiger partial charge in [-0.3, -0.25) is 4.79 Å². The Balaban J connectivity index is 1.56. The van der Waals surface area contributed by atoms with Crippen molar-refractivity contribution in [1.29, 1.82) is 0 Å². The first-order chi connectivity index (χ1) is 17.8. The average Bonchev–Trinajstić information content (AvgIpc) is 3.35. The van der Waals surface area contributed by atoms with Crippen molar-refractivity contribution in [3.8, 4) is 11.5 Å². The SMILES string of the molecule is COc1ccc(CCN(C)C(=O)CC(c2ccc(N(C)C)cc2)c2cnc3c(C)cccn23)cc1OC. The number of rotatable bonds is 10. The largest absolute Gasteiger partial charge is 0.493 e. The molecular formula is C30H36N4O3. The summed E-state index contributed by atoms with van der Waals surface area (Å²) in [7, 11) is 9.17. The van der Waals surface area contributed by atoms with E-state index in [9.17, 15) is 4.79 Å². The molecule has 0 bridgehead atoms. The highest BCUT2D eigenvalue weighted by molar-refractivity contribution is 5.77. The van der Waals surface area contributed by atoms with E-state index in [0.29, 0.717) is 24.5 Å². The first kappa shape index (κ1) is 26.1. The molecule has 37 heavy (non-hydrogen) atoms. The Morgan fingerprint density at radius 2 is 1.73 bits per heavy atom. The van der Waals surface area contributed by atoms with Gasteiger partial charge in [0.05, 0.1) is 19.9 Å². The lowest BCUT2D eigenvalue weighted by molar-refractivity contribution is -0.130. The lowest BCUT2D eigenvalue weighted by Gasteiger charge is -2.23. The van der Waals surface area contributed by atoms with Gasteiger partial charge in [0.15, 0.2) is 11.5 Å². The van der Waals surface area contributed by atoms with Crippen LogP contribution in [0.3, 0.4) is 0 Å². The summed E-state index contributed by atoms with van der Waals surface area (Å²) >= 11 is 0. The predicted molar refractivity (Wildman–Crippen MR) is 148 cm³/mol. The van der Waals surface area contributed by atoms with Crippen LogP contribution in [0.25, 0.3) is 5.65 Å². The van der Waals surface area contributed by atoms with Crippen molar-refractivity contribution < 1.29 is 14.3 Å². The van der Waals surface area contributed by atoms with Gasteiger partial charge in [0.1, 0.15) is 5.65 Å². The number of aryl methyl sites for hydroxylation is 1. The molecule has 0 aliphatic heterocycles. The molecule has 0 radical (unpaired) electrons. The molecular weight excluding hydrogens is 464 g/mol. The minimum atomic E-state index is -0.121. The summed E-state index contributed by atoms with van der Waals surface area (Å²) in [6.07, 6.45) is 5.01. The monoisotopic (exact) mass is 500 g/mol. The number of carbonyl (C=O) groups excluding carboxylic acids is 1. The number of fused-ring (bicyclic) bond motifs is 1. The zero-order chi connectivity index (χ0) is 26.5. The van der Waals surface area contributed by atoms with Crippen molar-refractivity contribution in [3.05, 3.63) is 89.4 Å². The second kappa shape index (κ2) is 11.4. The number of hydrogen-bond donors (Lipinski definition) is 0. The zero-order valence-corrected chi connectivity index (χ0v) is 22.6. The number of pyridine rings is 1. The molecule has 0 aliphatic carbocycles. The molecule has 0 saturated heterocycles. The summed E-state index contributed by atoms with van der Waals surface area (Å²) < 4.78 is 12.9. The highest BCUT2D eigenvalue weighted by Gasteiger charge is 2.24. The van der Waals surface area contributed by atoms with E-state index >= 15 is 0 Å². The molecule has 2 aromatic heterocycles. The number of likely N-dealkylation sites (N-methyl/N-ethyl adjacent to an activating group) is 1. The minimum Gasteiger partial charge on any atom is -0.493 e. The number of ether oxygens (including phenoxy) is 2. The first-order valence-corrected chi connectivity index (χ1v) is 12.5. The highest BCUT2D eigenvalue weighted by atomic mass is 16.5. The van der Waals surface area contributed by atoms with Gasteiger partial charge in [-0.1, -0.05) is 24.3 Å². The molecule has 4 rings (SSSR count). The molecule has 1 atom stereocenters. The molecule has 1 amide bonds. The maximum Gasteiger partial charge on any atom is 0.223 e. The Kier molecular flexibility index (Phi) is 8.01. The van der Waals surface area contributed by atoms with Gasteiger partial charge >= 0.3 is 0 Å². The molecule has 0 N–H and O–H groups in total. The maximum absolute atomic E-state index is 13.5. The molecule has 194 valence electrons. The van der Waals surface area contributed by atoms with Gasteiger partial charge in [-0.15, -0.1) is 0 Å². The van der Waals surface area contributed by atoms with Crippen molar-refractivity contribution in [2.24, 2.45) is 0 Å². The second-order valence-corrected chi connectivity index (χ2v) is 9.57. The first-order valence-electron chi connectivity index (χ1n) is 12.5. The Morgan fingerprint density at radius 3 is 2.41 bits per heavy atom. The van der Waals surface area contributed by atoms with Gasteiger partial charge in [0, 0.05) is 58.1 Å². The summed E-state index contributed by atoms with van der Waals surface area (Å²) in [6, 6.07) is 18.4. The number of amides is 1. The van der Waals surface area contributed by atoms with E-state index in [-0.39, 0.29) is 11.8 Å². The standard InChI is InChI=1S/C30H36N4O3/c1-21-8-7-16-34-26(20-31-30(21)34)25(23-10-12-24(13-11-23)32(2)3)19-29(35)33(4)17-15-22-9-14-27(36-5)28(18-22)37-6/h7-14,16,18,20,25H,15,17,19H2,1-6H3. The van der Waals surface area contributed by atoms with E-state index in [4.69, 9.17) is 9.47 Å². The number of methoxy groups -OCH3 is 2. The number of anilines is 1. The van der Waals surface area contributed by atoms with Crippen LogP contribution in [-0.2, 0) is 11.2 Å². The molecule has 0 saturated carbocycles. The van der Waals surface area contributed by atoms with Gasteiger partial charge in [-0.25, -0.2) is 4.98 Å². The van der Waals surface area contributed by atoms with E-state index in [1.54, 1.807) is 14.2 Å². The van der Waals surface area contributed by atoms with Crippen molar-refractivity contribution in [1.82, 2.24) is 14.3 Å². The molecule has 1 unspecified atom stereocenters. The predicted octanol–water partition coefficient (Wildman–Crippen LogP) is 4.95. The van der Waals surface area contributed by atoms with E-state index in [1.807, 2.05) is 62.7 Å². The molecule has 0 fully saturated rings. The molecule has 4 aromatic rings. The Bertz CT molecular complexity index is 1360. The lowest BCUT2D eigenvalue weighted by atomic mass is 9.91. The minimum absolute atomic E-state index is 0.0877.